The van der Waals surface area contributed by atoms with Crippen molar-refractivity contribution in [3.8, 4) is 5.75 Å². The maximum absolute atomic E-state index is 11.8. The molecule has 0 unspecified atom stereocenters. The number of alkyl halides is 1. The van der Waals surface area contributed by atoms with Gasteiger partial charge >= 0.3 is 11.6 Å². The smallest absolute Gasteiger partial charge is 0.351 e. The molecule has 0 saturated carbocycles. The predicted octanol–water partition coefficient (Wildman–Crippen LogP) is 2.74. The highest BCUT2D eigenvalue weighted by Crippen LogP contribution is 2.20. The molecule has 0 aliphatic carbocycles. The second-order valence-corrected chi connectivity index (χ2v) is 4.70. The van der Waals surface area contributed by atoms with Crippen LogP contribution in [0.15, 0.2) is 33.5 Å². The summed E-state index contributed by atoms with van der Waals surface area (Å²) in [7, 11) is 0. The summed E-state index contributed by atoms with van der Waals surface area (Å²) < 4.78 is 15.4. The van der Waals surface area contributed by atoms with Gasteiger partial charge in [-0.1, -0.05) is 15.9 Å². The van der Waals surface area contributed by atoms with Crippen molar-refractivity contribution in [1.82, 2.24) is 0 Å². The maximum Gasteiger partial charge on any atom is 0.351 e. The number of hydrogen-bond acceptors (Lipinski definition) is 5. The summed E-state index contributed by atoms with van der Waals surface area (Å²) in [6.45, 7) is 2.58. The summed E-state index contributed by atoms with van der Waals surface area (Å²) in [5, 5.41) is 1.15. The zero-order valence-corrected chi connectivity index (χ0v) is 12.4. The van der Waals surface area contributed by atoms with Crippen LogP contribution in [0.2, 0.25) is 0 Å². The molecular weight excluding hydrogens is 328 g/mol. The molecule has 1 aromatic carbocycles. The standard InChI is InChI=1S/C14H13BrO5/c1-2-18-10-4-3-9-7-11(13(16)19-6-5-15)14(17)20-12(9)8-10/h3-4,7-8H,2,5-6H2,1H3. The number of ether oxygens (including phenoxy) is 2. The van der Waals surface area contributed by atoms with Crippen LogP contribution in [-0.2, 0) is 4.74 Å². The van der Waals surface area contributed by atoms with Crippen LogP contribution in [0.3, 0.4) is 0 Å². The Labute approximate surface area is 123 Å². The lowest BCUT2D eigenvalue weighted by Crippen LogP contribution is -2.17. The normalized spacial score (nSPS) is 10.5. The molecule has 2 rings (SSSR count). The molecule has 0 fully saturated rings. The van der Waals surface area contributed by atoms with Gasteiger partial charge in [-0.2, -0.15) is 0 Å². The first-order valence-corrected chi connectivity index (χ1v) is 7.21. The van der Waals surface area contributed by atoms with Crippen molar-refractivity contribution >= 4 is 32.9 Å². The topological polar surface area (TPSA) is 65.7 Å². The molecular formula is C14H13BrO5. The Morgan fingerprint density at radius 2 is 2.15 bits per heavy atom. The van der Waals surface area contributed by atoms with Gasteiger partial charge in [-0.3, -0.25) is 0 Å². The van der Waals surface area contributed by atoms with E-state index in [9.17, 15) is 9.59 Å². The zero-order chi connectivity index (χ0) is 14.5. The fourth-order valence-corrected chi connectivity index (χ4v) is 1.86. The zero-order valence-electron chi connectivity index (χ0n) is 10.8. The first-order chi connectivity index (χ1) is 9.65. The van der Waals surface area contributed by atoms with E-state index in [0.29, 0.717) is 28.7 Å². The third kappa shape index (κ3) is 3.19. The van der Waals surface area contributed by atoms with Crippen LogP contribution >= 0.6 is 15.9 Å². The van der Waals surface area contributed by atoms with E-state index in [0.717, 1.165) is 0 Å². The number of esters is 1. The van der Waals surface area contributed by atoms with Gasteiger partial charge in [0.15, 0.2) is 0 Å². The van der Waals surface area contributed by atoms with Crippen LogP contribution in [0.5, 0.6) is 5.75 Å². The lowest BCUT2D eigenvalue weighted by molar-refractivity contribution is 0.0527. The molecule has 106 valence electrons. The molecule has 2 aromatic rings. The molecule has 20 heavy (non-hydrogen) atoms. The first kappa shape index (κ1) is 14.6. The minimum absolute atomic E-state index is 0.109. The van der Waals surface area contributed by atoms with E-state index in [1.54, 1.807) is 18.2 Å². The fourth-order valence-electron chi connectivity index (χ4n) is 1.70. The Kier molecular flexibility index (Phi) is 4.79. The van der Waals surface area contributed by atoms with Crippen LogP contribution in [-0.4, -0.2) is 24.5 Å². The minimum Gasteiger partial charge on any atom is -0.494 e. The van der Waals surface area contributed by atoms with E-state index in [2.05, 4.69) is 15.9 Å². The largest absolute Gasteiger partial charge is 0.494 e. The van der Waals surface area contributed by atoms with Gasteiger partial charge in [-0.05, 0) is 25.1 Å². The summed E-state index contributed by atoms with van der Waals surface area (Å²) in [4.78, 5) is 23.5. The van der Waals surface area contributed by atoms with Gasteiger partial charge in [0.1, 0.15) is 23.5 Å². The van der Waals surface area contributed by atoms with Gasteiger partial charge in [0, 0.05) is 16.8 Å². The van der Waals surface area contributed by atoms with E-state index in [4.69, 9.17) is 13.9 Å². The van der Waals surface area contributed by atoms with Crippen molar-refractivity contribution in [3.63, 3.8) is 0 Å². The second kappa shape index (κ2) is 6.56. The Morgan fingerprint density at radius 3 is 2.85 bits per heavy atom. The third-order valence-corrected chi connectivity index (χ3v) is 2.87. The lowest BCUT2D eigenvalue weighted by atomic mass is 10.2. The number of halogens is 1. The van der Waals surface area contributed by atoms with Gasteiger partial charge in [-0.15, -0.1) is 0 Å². The number of hydrogen-bond donors (Lipinski definition) is 0. The van der Waals surface area contributed by atoms with Crippen molar-refractivity contribution in [1.29, 1.82) is 0 Å². The summed E-state index contributed by atoms with van der Waals surface area (Å²) in [6.07, 6.45) is 0. The fraction of sp³-hybridized carbons (Fsp3) is 0.286. The molecule has 6 heteroatoms. The lowest BCUT2D eigenvalue weighted by Gasteiger charge is -2.05. The van der Waals surface area contributed by atoms with Crippen molar-refractivity contribution < 1.29 is 18.7 Å². The Hall–Kier alpha value is -1.82. The van der Waals surface area contributed by atoms with Gasteiger partial charge in [0.2, 0.25) is 0 Å². The summed E-state index contributed by atoms with van der Waals surface area (Å²) in [5.41, 5.74) is -0.452. The van der Waals surface area contributed by atoms with Crippen LogP contribution in [0.25, 0.3) is 11.0 Å². The maximum atomic E-state index is 11.8. The van der Waals surface area contributed by atoms with E-state index >= 15 is 0 Å². The average Bonchev–Trinajstić information content (AvgIpc) is 2.44. The third-order valence-electron chi connectivity index (χ3n) is 2.55. The Balaban J connectivity index is 2.40. The Bertz CT molecular complexity index is 677. The molecule has 5 nitrogen and oxygen atoms in total. The molecule has 0 aliphatic heterocycles. The highest BCUT2D eigenvalue weighted by Gasteiger charge is 2.15. The number of carbonyl (C=O) groups is 1. The molecule has 1 aromatic heterocycles. The molecule has 0 saturated heterocycles. The van der Waals surface area contributed by atoms with Gasteiger partial charge in [0.05, 0.1) is 6.61 Å². The average molecular weight is 341 g/mol. The molecule has 0 N–H and O–H groups in total. The van der Waals surface area contributed by atoms with Crippen molar-refractivity contribution in [2.75, 3.05) is 18.5 Å². The molecule has 0 radical (unpaired) electrons. The van der Waals surface area contributed by atoms with Crippen LogP contribution < -0.4 is 10.4 Å². The summed E-state index contributed by atoms with van der Waals surface area (Å²) in [5.74, 6) is -0.0771. The molecule has 1 heterocycles. The molecule has 0 amide bonds. The van der Waals surface area contributed by atoms with Gasteiger partial charge < -0.3 is 13.9 Å². The van der Waals surface area contributed by atoms with Crippen LogP contribution in [0.4, 0.5) is 0 Å². The molecule has 0 bridgehead atoms. The summed E-state index contributed by atoms with van der Waals surface area (Å²) in [6, 6.07) is 6.56. The quantitative estimate of drug-likeness (QED) is 0.475. The van der Waals surface area contributed by atoms with Crippen LogP contribution in [0.1, 0.15) is 17.3 Å². The second-order valence-electron chi connectivity index (χ2n) is 3.91. The van der Waals surface area contributed by atoms with Crippen LogP contribution in [0, 0.1) is 0 Å². The molecule has 0 spiro atoms. The van der Waals surface area contributed by atoms with E-state index < -0.39 is 11.6 Å². The molecule has 0 aliphatic rings. The molecule has 0 atom stereocenters. The highest BCUT2D eigenvalue weighted by molar-refractivity contribution is 9.09. The SMILES string of the molecule is CCOc1ccc2cc(C(=O)OCCBr)c(=O)oc2c1. The Morgan fingerprint density at radius 1 is 1.35 bits per heavy atom. The van der Waals surface area contributed by atoms with E-state index in [-0.39, 0.29) is 12.2 Å². The number of fused-ring (bicyclic) bond motifs is 1. The summed E-state index contributed by atoms with van der Waals surface area (Å²) >= 11 is 3.14. The van der Waals surface area contributed by atoms with Crippen molar-refractivity contribution in [3.05, 3.63) is 40.2 Å². The monoisotopic (exact) mass is 340 g/mol. The van der Waals surface area contributed by atoms with E-state index in [1.807, 2.05) is 6.92 Å². The number of benzene rings is 1. The van der Waals surface area contributed by atoms with Gasteiger partial charge in [-0.25, -0.2) is 9.59 Å². The highest BCUT2D eigenvalue weighted by atomic mass is 79.9. The van der Waals surface area contributed by atoms with Crippen molar-refractivity contribution in [2.45, 2.75) is 6.92 Å². The first-order valence-electron chi connectivity index (χ1n) is 6.09. The number of carbonyl (C=O) groups excluding carboxylic acids is 1. The van der Waals surface area contributed by atoms with Crippen molar-refractivity contribution in [2.24, 2.45) is 0 Å². The minimum atomic E-state index is -0.717. The predicted molar refractivity (Wildman–Crippen MR) is 77.7 cm³/mol. The van der Waals surface area contributed by atoms with E-state index in [1.165, 1.54) is 6.07 Å². The van der Waals surface area contributed by atoms with Gasteiger partial charge in [0.25, 0.3) is 0 Å². The number of rotatable bonds is 5.